The van der Waals surface area contributed by atoms with Crippen LogP contribution in [0.1, 0.15) is 81.7 Å². The predicted octanol–water partition coefficient (Wildman–Crippen LogP) is 6.95. The Morgan fingerprint density at radius 3 is 2.08 bits per heavy atom. The molecule has 9 rings (SSSR count). The van der Waals surface area contributed by atoms with E-state index in [1.165, 1.54) is 7.11 Å². The number of aromatic amines is 2. The number of likely N-dealkylation sites (tertiary alicyclic amines) is 2. The van der Waals surface area contributed by atoms with E-state index in [4.69, 9.17) is 19.2 Å². The van der Waals surface area contributed by atoms with Crippen molar-refractivity contribution in [3.8, 4) is 39.4 Å². The first-order valence-electron chi connectivity index (χ1n) is 21.5. The summed E-state index contributed by atoms with van der Waals surface area (Å²) in [6.45, 7) is 6.29. The summed E-state index contributed by atoms with van der Waals surface area (Å²) in [5, 5.41) is 16.6. The van der Waals surface area contributed by atoms with Crippen molar-refractivity contribution in [2.24, 2.45) is 11.8 Å². The minimum absolute atomic E-state index is 0.0384. The Labute approximate surface area is 358 Å². The number of hydrogen-bond donors (Lipinski definition) is 5. The van der Waals surface area contributed by atoms with Gasteiger partial charge in [0.2, 0.25) is 11.8 Å². The standard InChI is InChI=1S/C46H52N8O8/c1-25(2)38(51-45(57)58)43(55)53-16-4-6-36(53)41-47-22-34(49-41)28-10-12-32-27(20-28)8-13-33-31-11-9-29(21-30(31)24-62-40(32)33)35-23-48-42(50-35)37-7-5-17-54(37)44(56)39(52-46(59)60-3)26-14-18-61-19-15-26/h8-13,20-23,25-26,36-39,51H,4-7,14-19,24H2,1-3H3,(H,47,49)(H,48,50)(H,52,59)(H,57,58)/t36-,37-,38-,39-/m0/s1. The van der Waals surface area contributed by atoms with Crippen LogP contribution in [0.2, 0.25) is 0 Å². The van der Waals surface area contributed by atoms with Crippen LogP contribution in [0.4, 0.5) is 9.59 Å². The van der Waals surface area contributed by atoms with Gasteiger partial charge in [0.1, 0.15) is 36.1 Å². The molecule has 2 aromatic heterocycles. The van der Waals surface area contributed by atoms with Crippen LogP contribution in [0.25, 0.3) is 44.4 Å². The van der Waals surface area contributed by atoms with Crippen LogP contribution in [0, 0.1) is 11.8 Å². The van der Waals surface area contributed by atoms with Crippen LogP contribution in [-0.4, -0.2) is 104 Å². The number of H-pyrrole nitrogens is 2. The highest BCUT2D eigenvalue weighted by atomic mass is 16.5. The quantitative estimate of drug-likeness (QED) is 0.0979. The molecule has 3 fully saturated rings. The summed E-state index contributed by atoms with van der Waals surface area (Å²) in [6, 6.07) is 14.7. The fourth-order valence-electron chi connectivity index (χ4n) is 9.68. The van der Waals surface area contributed by atoms with Gasteiger partial charge in [-0.2, -0.15) is 0 Å². The summed E-state index contributed by atoms with van der Waals surface area (Å²) < 4.78 is 16.9. The lowest BCUT2D eigenvalue weighted by Crippen LogP contribution is -2.53. The number of alkyl carbamates (subject to hydrolysis) is 1. The van der Waals surface area contributed by atoms with Gasteiger partial charge in [-0.1, -0.05) is 44.2 Å². The Morgan fingerprint density at radius 1 is 0.806 bits per heavy atom. The summed E-state index contributed by atoms with van der Waals surface area (Å²) in [7, 11) is 1.31. The molecule has 5 aromatic rings. The average Bonchev–Trinajstić information content (AvgIpc) is 4.14. The number of benzene rings is 3. The molecular weight excluding hydrogens is 793 g/mol. The van der Waals surface area contributed by atoms with Gasteiger partial charge < -0.3 is 49.7 Å². The second-order valence-electron chi connectivity index (χ2n) is 17.0. The highest BCUT2D eigenvalue weighted by Gasteiger charge is 2.41. The van der Waals surface area contributed by atoms with Crippen molar-refractivity contribution in [2.45, 2.75) is 83.1 Å². The average molecular weight is 845 g/mol. The minimum Gasteiger partial charge on any atom is -0.488 e. The molecule has 16 nitrogen and oxygen atoms in total. The normalized spacial score (nSPS) is 19.7. The van der Waals surface area contributed by atoms with Gasteiger partial charge in [-0.3, -0.25) is 9.59 Å². The zero-order chi connectivity index (χ0) is 43.1. The summed E-state index contributed by atoms with van der Waals surface area (Å²) in [6.07, 6.45) is 6.28. The number of methoxy groups -OCH3 is 1. The molecule has 0 radical (unpaired) electrons. The first kappa shape index (κ1) is 41.0. The maximum atomic E-state index is 14.0. The number of ether oxygens (including phenoxy) is 3. The van der Waals surface area contributed by atoms with Crippen molar-refractivity contribution in [1.29, 1.82) is 0 Å². The molecule has 0 saturated carbocycles. The van der Waals surface area contributed by atoms with Crippen molar-refractivity contribution in [3.63, 3.8) is 0 Å². The lowest BCUT2D eigenvalue weighted by atomic mass is 9.90. The monoisotopic (exact) mass is 844 g/mol. The summed E-state index contributed by atoms with van der Waals surface area (Å²) >= 11 is 0. The third-order valence-corrected chi connectivity index (χ3v) is 12.9. The first-order valence-corrected chi connectivity index (χ1v) is 21.5. The molecular formula is C46H52N8O8. The van der Waals surface area contributed by atoms with Gasteiger partial charge in [-0.15, -0.1) is 0 Å². The van der Waals surface area contributed by atoms with Crippen LogP contribution in [0.3, 0.4) is 0 Å². The third kappa shape index (κ3) is 7.83. The molecule has 6 heterocycles. The van der Waals surface area contributed by atoms with Gasteiger partial charge in [0.25, 0.3) is 0 Å². The lowest BCUT2D eigenvalue weighted by Gasteiger charge is -2.34. The summed E-state index contributed by atoms with van der Waals surface area (Å²) in [4.78, 5) is 71.3. The predicted molar refractivity (Wildman–Crippen MR) is 229 cm³/mol. The number of carbonyl (C=O) groups is 4. The summed E-state index contributed by atoms with van der Waals surface area (Å²) in [5.74, 6) is 1.62. The van der Waals surface area contributed by atoms with Gasteiger partial charge in [0, 0.05) is 42.8 Å². The van der Waals surface area contributed by atoms with Crippen LogP contribution in [-0.2, 0) is 25.7 Å². The number of hydrogen-bond acceptors (Lipinski definition) is 9. The maximum Gasteiger partial charge on any atom is 0.407 e. The highest BCUT2D eigenvalue weighted by Crippen LogP contribution is 2.44. The van der Waals surface area contributed by atoms with Crippen molar-refractivity contribution in [2.75, 3.05) is 33.4 Å². The number of nitrogens with one attached hydrogen (secondary N) is 4. The fraction of sp³-hybridized carbons (Fsp3) is 0.435. The smallest absolute Gasteiger partial charge is 0.407 e. The number of carboxylic acid groups (broad SMARTS) is 1. The van der Waals surface area contributed by atoms with Gasteiger partial charge in [0.15, 0.2) is 0 Å². The molecule has 62 heavy (non-hydrogen) atoms. The molecule has 16 heteroatoms. The molecule has 4 amide bonds. The number of carbonyl (C=O) groups excluding carboxylic acids is 3. The van der Waals surface area contributed by atoms with Crippen molar-refractivity contribution >= 4 is 34.8 Å². The molecule has 3 saturated heterocycles. The molecule has 5 N–H and O–H groups in total. The SMILES string of the molecule is COC(=O)N[C@H](C(=O)N1CCC[C@H]1c1ncc(-c2ccc3c(c2)COc2c-3ccc3cc(-c4cnc([C@@H]5CCCN5C(=O)[C@@H](NC(=O)O)C(C)C)[nH]4)ccc23)[nH]1)C1CCOCC1. The summed E-state index contributed by atoms with van der Waals surface area (Å²) in [5.41, 5.74) is 6.73. The maximum absolute atomic E-state index is 14.0. The van der Waals surface area contributed by atoms with Crippen molar-refractivity contribution in [1.82, 2.24) is 40.4 Å². The van der Waals surface area contributed by atoms with E-state index >= 15 is 0 Å². The largest absolute Gasteiger partial charge is 0.488 e. The van der Waals surface area contributed by atoms with E-state index in [0.717, 1.165) is 81.4 Å². The number of nitrogens with zero attached hydrogens (tertiary/aromatic N) is 4. The van der Waals surface area contributed by atoms with Crippen molar-refractivity contribution in [3.05, 3.63) is 78.1 Å². The van der Waals surface area contributed by atoms with Gasteiger partial charge in [0.05, 0.1) is 43.0 Å². The Bertz CT molecular complexity index is 2510. The van der Waals surface area contributed by atoms with E-state index in [-0.39, 0.29) is 35.7 Å². The highest BCUT2D eigenvalue weighted by molar-refractivity contribution is 5.98. The molecule has 4 atom stereocenters. The van der Waals surface area contributed by atoms with Crippen LogP contribution in [0.5, 0.6) is 5.75 Å². The number of imidazole rings is 2. The Hall–Kier alpha value is -6.42. The van der Waals surface area contributed by atoms with E-state index in [1.807, 2.05) is 31.0 Å². The topological polar surface area (TPSA) is 204 Å². The lowest BCUT2D eigenvalue weighted by molar-refractivity contribution is -0.137. The van der Waals surface area contributed by atoms with E-state index in [2.05, 4.69) is 68.1 Å². The number of fused-ring (bicyclic) bond motifs is 5. The second kappa shape index (κ2) is 17.2. The molecule has 0 aliphatic carbocycles. The van der Waals surface area contributed by atoms with E-state index in [9.17, 15) is 24.3 Å². The Kier molecular flexibility index (Phi) is 11.3. The Morgan fingerprint density at radius 2 is 1.44 bits per heavy atom. The molecule has 3 aromatic carbocycles. The van der Waals surface area contributed by atoms with Gasteiger partial charge >= 0.3 is 12.2 Å². The number of rotatable bonds is 10. The van der Waals surface area contributed by atoms with Gasteiger partial charge in [-0.05, 0) is 90.6 Å². The van der Waals surface area contributed by atoms with Gasteiger partial charge in [-0.25, -0.2) is 19.6 Å². The fourth-order valence-corrected chi connectivity index (χ4v) is 9.68. The van der Waals surface area contributed by atoms with E-state index < -0.39 is 24.3 Å². The van der Waals surface area contributed by atoms with Crippen LogP contribution < -0.4 is 15.4 Å². The zero-order valence-corrected chi connectivity index (χ0v) is 35.1. The third-order valence-electron chi connectivity index (χ3n) is 12.9. The number of amides is 4. The second-order valence-corrected chi connectivity index (χ2v) is 17.0. The molecule has 4 aliphatic rings. The van der Waals surface area contributed by atoms with Crippen molar-refractivity contribution < 1.29 is 38.5 Å². The Balaban J connectivity index is 0.910. The number of aromatic nitrogens is 4. The van der Waals surface area contributed by atoms with Crippen LogP contribution >= 0.6 is 0 Å². The minimum atomic E-state index is -1.22. The molecule has 4 aliphatic heterocycles. The molecule has 0 unspecified atom stereocenters. The molecule has 0 bridgehead atoms. The van der Waals surface area contributed by atoms with E-state index in [1.54, 1.807) is 11.1 Å². The van der Waals surface area contributed by atoms with Crippen LogP contribution in [0.15, 0.2) is 60.9 Å². The molecule has 324 valence electrons. The first-order chi connectivity index (χ1) is 30.1. The molecule has 0 spiro atoms. The zero-order valence-electron chi connectivity index (χ0n) is 35.1. The van der Waals surface area contributed by atoms with E-state index in [0.29, 0.717) is 57.4 Å².